The van der Waals surface area contributed by atoms with Crippen LogP contribution >= 0.6 is 11.6 Å². The van der Waals surface area contributed by atoms with Crippen molar-refractivity contribution < 1.29 is 9.53 Å². The SMILES string of the molecule is CCc1ccccc1NC(=O)COc1ccc(Cl)cc1C. The summed E-state index contributed by atoms with van der Waals surface area (Å²) in [5.74, 6) is 0.489. The van der Waals surface area contributed by atoms with Crippen molar-refractivity contribution in [2.75, 3.05) is 11.9 Å². The Balaban J connectivity index is 1.96. The van der Waals surface area contributed by atoms with Crippen molar-refractivity contribution in [2.24, 2.45) is 0 Å². The molecule has 0 aromatic heterocycles. The summed E-state index contributed by atoms with van der Waals surface area (Å²) in [7, 11) is 0. The zero-order valence-electron chi connectivity index (χ0n) is 12.2. The molecule has 21 heavy (non-hydrogen) atoms. The molecular formula is C17H18ClNO2. The minimum Gasteiger partial charge on any atom is -0.483 e. The first-order chi connectivity index (χ1) is 10.1. The van der Waals surface area contributed by atoms with Gasteiger partial charge in [-0.2, -0.15) is 0 Å². The van der Waals surface area contributed by atoms with Crippen molar-refractivity contribution in [3.05, 3.63) is 58.6 Å². The topological polar surface area (TPSA) is 38.3 Å². The molecule has 0 spiro atoms. The number of para-hydroxylation sites is 1. The lowest BCUT2D eigenvalue weighted by Crippen LogP contribution is -2.21. The van der Waals surface area contributed by atoms with Gasteiger partial charge < -0.3 is 10.1 Å². The minimum atomic E-state index is -0.176. The van der Waals surface area contributed by atoms with Gasteiger partial charge in [0, 0.05) is 10.7 Å². The van der Waals surface area contributed by atoms with E-state index in [0.29, 0.717) is 10.8 Å². The quantitative estimate of drug-likeness (QED) is 0.897. The number of carbonyl (C=O) groups is 1. The van der Waals surface area contributed by atoms with Crippen LogP contribution in [0.15, 0.2) is 42.5 Å². The van der Waals surface area contributed by atoms with Gasteiger partial charge in [0.05, 0.1) is 0 Å². The second-order valence-corrected chi connectivity index (χ2v) is 5.19. The third kappa shape index (κ3) is 4.23. The lowest BCUT2D eigenvalue weighted by atomic mass is 10.1. The highest BCUT2D eigenvalue weighted by Gasteiger charge is 2.07. The summed E-state index contributed by atoms with van der Waals surface area (Å²) in [5.41, 5.74) is 2.85. The number of halogens is 1. The van der Waals surface area contributed by atoms with Crippen LogP contribution in [0.2, 0.25) is 5.02 Å². The Labute approximate surface area is 129 Å². The largest absolute Gasteiger partial charge is 0.483 e. The van der Waals surface area contributed by atoms with Crippen molar-refractivity contribution in [1.29, 1.82) is 0 Å². The van der Waals surface area contributed by atoms with Crippen LogP contribution in [0.3, 0.4) is 0 Å². The summed E-state index contributed by atoms with van der Waals surface area (Å²) < 4.78 is 5.53. The molecule has 0 aliphatic rings. The Bertz CT molecular complexity index is 640. The van der Waals surface area contributed by atoms with Gasteiger partial charge in [0.15, 0.2) is 6.61 Å². The summed E-state index contributed by atoms with van der Waals surface area (Å²) >= 11 is 5.89. The molecule has 2 aromatic carbocycles. The Hall–Kier alpha value is -2.00. The number of carbonyl (C=O) groups excluding carboxylic acids is 1. The van der Waals surface area contributed by atoms with Crippen molar-refractivity contribution in [2.45, 2.75) is 20.3 Å². The number of rotatable bonds is 5. The minimum absolute atomic E-state index is 0.0273. The van der Waals surface area contributed by atoms with Crippen LogP contribution in [0.4, 0.5) is 5.69 Å². The summed E-state index contributed by atoms with van der Waals surface area (Å²) in [4.78, 5) is 12.0. The van der Waals surface area contributed by atoms with E-state index in [1.165, 1.54) is 0 Å². The molecule has 0 radical (unpaired) electrons. The lowest BCUT2D eigenvalue weighted by Gasteiger charge is -2.11. The third-order valence-electron chi connectivity index (χ3n) is 3.17. The van der Waals surface area contributed by atoms with Gasteiger partial charge in [-0.1, -0.05) is 36.7 Å². The number of amides is 1. The van der Waals surface area contributed by atoms with Crippen molar-refractivity contribution >= 4 is 23.2 Å². The highest BCUT2D eigenvalue weighted by Crippen LogP contribution is 2.22. The number of nitrogens with one attached hydrogen (secondary N) is 1. The molecule has 0 bridgehead atoms. The van der Waals surface area contributed by atoms with Crippen molar-refractivity contribution in [3.63, 3.8) is 0 Å². The van der Waals surface area contributed by atoms with Gasteiger partial charge in [-0.25, -0.2) is 0 Å². The fourth-order valence-corrected chi connectivity index (χ4v) is 2.28. The fraction of sp³-hybridized carbons (Fsp3) is 0.235. The van der Waals surface area contributed by atoms with Gasteiger partial charge in [-0.3, -0.25) is 4.79 Å². The Morgan fingerprint density at radius 2 is 2.00 bits per heavy atom. The van der Waals surface area contributed by atoms with Crippen LogP contribution in [0.5, 0.6) is 5.75 Å². The van der Waals surface area contributed by atoms with Gasteiger partial charge in [0.25, 0.3) is 5.91 Å². The average molecular weight is 304 g/mol. The number of aryl methyl sites for hydroxylation is 2. The van der Waals surface area contributed by atoms with E-state index in [1.807, 2.05) is 31.2 Å². The van der Waals surface area contributed by atoms with Crippen LogP contribution in [0, 0.1) is 6.92 Å². The molecule has 4 heteroatoms. The molecule has 0 aliphatic heterocycles. The molecule has 0 unspecified atom stereocenters. The maximum Gasteiger partial charge on any atom is 0.262 e. The Morgan fingerprint density at radius 3 is 2.71 bits per heavy atom. The zero-order valence-corrected chi connectivity index (χ0v) is 12.9. The molecule has 3 nitrogen and oxygen atoms in total. The fourth-order valence-electron chi connectivity index (χ4n) is 2.05. The monoisotopic (exact) mass is 303 g/mol. The number of hydrogen-bond acceptors (Lipinski definition) is 2. The van der Waals surface area contributed by atoms with Gasteiger partial charge >= 0.3 is 0 Å². The van der Waals surface area contributed by atoms with Gasteiger partial charge in [-0.05, 0) is 48.7 Å². The highest BCUT2D eigenvalue weighted by molar-refractivity contribution is 6.30. The molecule has 2 aromatic rings. The predicted octanol–water partition coefficient (Wildman–Crippen LogP) is 4.23. The maximum atomic E-state index is 12.0. The third-order valence-corrected chi connectivity index (χ3v) is 3.40. The molecule has 0 heterocycles. The molecule has 0 atom stereocenters. The molecule has 1 N–H and O–H groups in total. The van der Waals surface area contributed by atoms with Crippen LogP contribution < -0.4 is 10.1 Å². The Kier molecular flexibility index (Phi) is 5.23. The van der Waals surface area contributed by atoms with Crippen LogP contribution in [-0.2, 0) is 11.2 Å². The van der Waals surface area contributed by atoms with E-state index in [0.717, 1.165) is 23.2 Å². The predicted molar refractivity (Wildman–Crippen MR) is 86.1 cm³/mol. The standard InChI is InChI=1S/C17H18ClNO2/c1-3-13-6-4-5-7-15(13)19-17(20)11-21-16-9-8-14(18)10-12(16)2/h4-10H,3,11H2,1-2H3,(H,19,20). The molecule has 0 saturated heterocycles. The second kappa shape index (κ2) is 7.14. The molecule has 110 valence electrons. The van der Waals surface area contributed by atoms with Crippen molar-refractivity contribution in [1.82, 2.24) is 0 Å². The van der Waals surface area contributed by atoms with Gasteiger partial charge in [0.1, 0.15) is 5.75 Å². The highest BCUT2D eigenvalue weighted by atomic mass is 35.5. The number of hydrogen-bond donors (Lipinski definition) is 1. The second-order valence-electron chi connectivity index (χ2n) is 4.76. The summed E-state index contributed by atoms with van der Waals surface area (Å²) in [5, 5.41) is 3.53. The molecular weight excluding hydrogens is 286 g/mol. The molecule has 2 rings (SSSR count). The number of benzene rings is 2. The van der Waals surface area contributed by atoms with Crippen molar-refractivity contribution in [3.8, 4) is 5.75 Å². The van der Waals surface area contributed by atoms with E-state index in [2.05, 4.69) is 12.2 Å². The normalized spacial score (nSPS) is 10.2. The number of anilines is 1. The van der Waals surface area contributed by atoms with E-state index in [1.54, 1.807) is 18.2 Å². The summed E-state index contributed by atoms with van der Waals surface area (Å²) in [6, 6.07) is 13.1. The zero-order chi connectivity index (χ0) is 15.2. The van der Waals surface area contributed by atoms with E-state index in [4.69, 9.17) is 16.3 Å². The summed E-state index contributed by atoms with van der Waals surface area (Å²) in [6.07, 6.45) is 0.869. The molecule has 0 saturated carbocycles. The first-order valence-corrected chi connectivity index (χ1v) is 7.24. The first-order valence-electron chi connectivity index (χ1n) is 6.87. The smallest absolute Gasteiger partial charge is 0.262 e. The van der Waals surface area contributed by atoms with E-state index in [9.17, 15) is 4.79 Å². The summed E-state index contributed by atoms with van der Waals surface area (Å²) in [6.45, 7) is 3.92. The molecule has 1 amide bonds. The molecule has 0 aliphatic carbocycles. The van der Waals surface area contributed by atoms with E-state index in [-0.39, 0.29) is 12.5 Å². The lowest BCUT2D eigenvalue weighted by molar-refractivity contribution is -0.118. The van der Waals surface area contributed by atoms with Crippen LogP contribution in [0.25, 0.3) is 0 Å². The van der Waals surface area contributed by atoms with Crippen LogP contribution in [0.1, 0.15) is 18.1 Å². The maximum absolute atomic E-state index is 12.0. The van der Waals surface area contributed by atoms with E-state index < -0.39 is 0 Å². The van der Waals surface area contributed by atoms with E-state index >= 15 is 0 Å². The first kappa shape index (κ1) is 15.4. The Morgan fingerprint density at radius 1 is 1.24 bits per heavy atom. The molecule has 0 fully saturated rings. The van der Waals surface area contributed by atoms with Crippen LogP contribution in [-0.4, -0.2) is 12.5 Å². The van der Waals surface area contributed by atoms with Gasteiger partial charge in [0.2, 0.25) is 0 Å². The van der Waals surface area contributed by atoms with Gasteiger partial charge in [-0.15, -0.1) is 0 Å². The average Bonchev–Trinajstić information content (AvgIpc) is 2.47. The number of ether oxygens (including phenoxy) is 1.